The van der Waals surface area contributed by atoms with Crippen molar-refractivity contribution >= 4 is 33.2 Å². The number of halogens is 1. The van der Waals surface area contributed by atoms with Gasteiger partial charge in [0.05, 0.1) is 28.6 Å². The van der Waals surface area contributed by atoms with Crippen molar-refractivity contribution < 1.29 is 13.2 Å². The summed E-state index contributed by atoms with van der Waals surface area (Å²) in [4.78, 5) is 12.7. The van der Waals surface area contributed by atoms with Gasteiger partial charge < -0.3 is 5.32 Å². The highest BCUT2D eigenvalue weighted by Crippen LogP contribution is 2.25. The molecule has 2 aromatic rings. The van der Waals surface area contributed by atoms with Gasteiger partial charge in [0, 0.05) is 7.05 Å². The first-order valence-electron chi connectivity index (χ1n) is 8.12. The molecule has 2 rings (SSSR count). The van der Waals surface area contributed by atoms with Crippen molar-refractivity contribution in [3.63, 3.8) is 0 Å². The molecule has 1 atom stereocenters. The lowest BCUT2D eigenvalue weighted by molar-refractivity contribution is 0.0940. The second kappa shape index (κ2) is 7.68. The summed E-state index contributed by atoms with van der Waals surface area (Å²) in [6, 6.07) is 10.4. The fourth-order valence-electron chi connectivity index (χ4n) is 2.47. The second-order valence-corrected chi connectivity index (χ2v) is 8.85. The quantitative estimate of drug-likeness (QED) is 0.837. The third-order valence-corrected chi connectivity index (χ3v) is 5.97. The van der Waals surface area contributed by atoms with E-state index >= 15 is 0 Å². The van der Waals surface area contributed by atoms with Crippen LogP contribution in [0, 0.1) is 13.8 Å². The Morgan fingerprint density at radius 2 is 1.77 bits per heavy atom. The number of hydrogen-bond donors (Lipinski definition) is 1. The normalized spacial score (nSPS) is 12.5. The Kier molecular flexibility index (Phi) is 5.98. The monoisotopic (exact) mass is 394 g/mol. The number of amides is 1. The van der Waals surface area contributed by atoms with Crippen LogP contribution in [-0.4, -0.2) is 27.6 Å². The lowest BCUT2D eigenvalue weighted by Crippen LogP contribution is -2.28. The van der Waals surface area contributed by atoms with Crippen LogP contribution in [-0.2, 0) is 10.0 Å². The molecule has 0 radical (unpaired) electrons. The van der Waals surface area contributed by atoms with Crippen molar-refractivity contribution in [1.29, 1.82) is 0 Å². The highest BCUT2D eigenvalue weighted by molar-refractivity contribution is 7.92. The zero-order valence-corrected chi connectivity index (χ0v) is 17.1. The zero-order valence-electron chi connectivity index (χ0n) is 15.5. The van der Waals surface area contributed by atoms with E-state index in [0.29, 0.717) is 5.69 Å². The fraction of sp³-hybridized carbons (Fsp3) is 0.316. The molecule has 0 spiro atoms. The lowest BCUT2D eigenvalue weighted by Gasteiger charge is -2.19. The molecule has 1 unspecified atom stereocenters. The summed E-state index contributed by atoms with van der Waals surface area (Å²) in [6.45, 7) is 5.95. The van der Waals surface area contributed by atoms with E-state index in [1.54, 1.807) is 6.07 Å². The van der Waals surface area contributed by atoms with Gasteiger partial charge in [0.25, 0.3) is 5.91 Å². The van der Waals surface area contributed by atoms with E-state index < -0.39 is 10.0 Å². The van der Waals surface area contributed by atoms with Crippen molar-refractivity contribution in [1.82, 2.24) is 5.32 Å². The summed E-state index contributed by atoms with van der Waals surface area (Å²) in [6.07, 6.45) is 1.10. The minimum absolute atomic E-state index is 0.214. The maximum Gasteiger partial charge on any atom is 0.253 e. The number of rotatable bonds is 5. The second-order valence-electron chi connectivity index (χ2n) is 6.43. The molecule has 0 aliphatic heterocycles. The Bertz CT molecular complexity index is 942. The highest BCUT2D eigenvalue weighted by atomic mass is 35.5. The summed E-state index contributed by atoms with van der Waals surface area (Å²) >= 11 is 6.16. The molecule has 0 saturated carbocycles. The minimum Gasteiger partial charge on any atom is -0.345 e. The average Bonchev–Trinajstić information content (AvgIpc) is 2.56. The largest absolute Gasteiger partial charge is 0.345 e. The fourth-order valence-corrected chi connectivity index (χ4v) is 3.17. The molecule has 0 aromatic heterocycles. The average molecular weight is 395 g/mol. The van der Waals surface area contributed by atoms with Crippen LogP contribution in [0.2, 0.25) is 5.02 Å². The molecule has 0 aliphatic carbocycles. The predicted octanol–water partition coefficient (Wildman–Crippen LogP) is 3.84. The number of nitrogens with zero attached hydrogens (tertiary/aromatic N) is 1. The topological polar surface area (TPSA) is 66.5 Å². The predicted molar refractivity (Wildman–Crippen MR) is 106 cm³/mol. The Morgan fingerprint density at radius 1 is 1.12 bits per heavy atom. The van der Waals surface area contributed by atoms with Gasteiger partial charge in [-0.25, -0.2) is 8.42 Å². The van der Waals surface area contributed by atoms with Gasteiger partial charge in [-0.2, -0.15) is 0 Å². The first kappa shape index (κ1) is 20.3. The molecular formula is C19H23ClN2O3S. The van der Waals surface area contributed by atoms with Crippen LogP contribution in [0.5, 0.6) is 0 Å². The molecule has 1 amide bonds. The third kappa shape index (κ3) is 4.56. The van der Waals surface area contributed by atoms with E-state index in [9.17, 15) is 13.2 Å². The molecule has 26 heavy (non-hydrogen) atoms. The van der Waals surface area contributed by atoms with Gasteiger partial charge >= 0.3 is 0 Å². The van der Waals surface area contributed by atoms with E-state index in [1.807, 2.05) is 39.0 Å². The van der Waals surface area contributed by atoms with Crippen molar-refractivity contribution in [2.75, 3.05) is 17.6 Å². The molecule has 0 saturated heterocycles. The number of aryl methyl sites for hydroxylation is 2. The number of benzene rings is 2. The number of carbonyl (C=O) groups excluding carboxylic acids is 1. The lowest BCUT2D eigenvalue weighted by atomic mass is 10.0. The number of nitrogens with one attached hydrogen (secondary N) is 1. The van der Waals surface area contributed by atoms with E-state index in [2.05, 4.69) is 5.32 Å². The third-order valence-electron chi connectivity index (χ3n) is 4.43. The van der Waals surface area contributed by atoms with Crippen LogP contribution in [0.15, 0.2) is 36.4 Å². The highest BCUT2D eigenvalue weighted by Gasteiger charge is 2.18. The van der Waals surface area contributed by atoms with Crippen LogP contribution < -0.4 is 9.62 Å². The number of hydrogen-bond acceptors (Lipinski definition) is 3. The molecule has 0 heterocycles. The Labute approximate surface area is 160 Å². The Morgan fingerprint density at radius 3 is 2.35 bits per heavy atom. The van der Waals surface area contributed by atoms with Crippen LogP contribution in [0.1, 0.15) is 40.0 Å². The van der Waals surface area contributed by atoms with Crippen molar-refractivity contribution in [3.8, 4) is 0 Å². The van der Waals surface area contributed by atoms with Gasteiger partial charge in [-0.3, -0.25) is 9.10 Å². The van der Waals surface area contributed by atoms with Gasteiger partial charge in [0.2, 0.25) is 10.0 Å². The van der Waals surface area contributed by atoms with E-state index in [-0.39, 0.29) is 22.5 Å². The van der Waals surface area contributed by atoms with Crippen molar-refractivity contribution in [2.24, 2.45) is 0 Å². The summed E-state index contributed by atoms with van der Waals surface area (Å²) in [7, 11) is -2.00. The molecule has 0 bridgehead atoms. The molecular weight excluding hydrogens is 372 g/mol. The van der Waals surface area contributed by atoms with Gasteiger partial charge in [-0.1, -0.05) is 29.8 Å². The van der Waals surface area contributed by atoms with Crippen LogP contribution in [0.3, 0.4) is 0 Å². The summed E-state index contributed by atoms with van der Waals surface area (Å²) in [5.41, 5.74) is 3.93. The molecule has 7 heteroatoms. The first-order chi connectivity index (χ1) is 12.0. The van der Waals surface area contributed by atoms with Gasteiger partial charge in [-0.15, -0.1) is 0 Å². The maximum atomic E-state index is 12.7. The maximum absolute atomic E-state index is 12.7. The van der Waals surface area contributed by atoms with Crippen LogP contribution >= 0.6 is 11.6 Å². The van der Waals surface area contributed by atoms with E-state index in [1.165, 1.54) is 24.7 Å². The number of anilines is 1. The van der Waals surface area contributed by atoms with Crippen LogP contribution in [0.25, 0.3) is 0 Å². The SMILES string of the molecule is Cc1ccc(C(C)NC(=O)c2cc(N(C)S(C)(=O)=O)ccc2Cl)cc1C. The van der Waals surface area contributed by atoms with Gasteiger partial charge in [0.15, 0.2) is 0 Å². The molecule has 0 fully saturated rings. The molecule has 5 nitrogen and oxygen atoms in total. The number of sulfonamides is 1. The molecule has 140 valence electrons. The smallest absolute Gasteiger partial charge is 0.253 e. The summed E-state index contributed by atoms with van der Waals surface area (Å²) < 4.78 is 24.5. The summed E-state index contributed by atoms with van der Waals surface area (Å²) in [5.74, 6) is -0.357. The van der Waals surface area contributed by atoms with E-state index in [0.717, 1.165) is 21.7 Å². The minimum atomic E-state index is -3.43. The molecule has 2 aromatic carbocycles. The first-order valence-corrected chi connectivity index (χ1v) is 10.3. The van der Waals surface area contributed by atoms with E-state index in [4.69, 9.17) is 11.6 Å². The van der Waals surface area contributed by atoms with Gasteiger partial charge in [0.1, 0.15) is 0 Å². The molecule has 1 N–H and O–H groups in total. The Hall–Kier alpha value is -2.05. The van der Waals surface area contributed by atoms with Crippen molar-refractivity contribution in [2.45, 2.75) is 26.8 Å². The zero-order chi connectivity index (χ0) is 19.6. The standard InChI is InChI=1S/C19H23ClN2O3S/c1-12-6-7-15(10-13(12)2)14(3)21-19(23)17-11-16(8-9-18(17)20)22(4)26(5,24)25/h6-11,14H,1-5H3,(H,21,23). The van der Waals surface area contributed by atoms with Gasteiger partial charge in [-0.05, 0) is 55.7 Å². The molecule has 0 aliphatic rings. The summed E-state index contributed by atoms with van der Waals surface area (Å²) in [5, 5.41) is 3.18. The van der Waals surface area contributed by atoms with Crippen molar-refractivity contribution in [3.05, 3.63) is 63.7 Å². The van der Waals surface area contributed by atoms with Crippen LogP contribution in [0.4, 0.5) is 5.69 Å². The Balaban J connectivity index is 2.27. The number of carbonyl (C=O) groups is 1.